The second-order valence-corrected chi connectivity index (χ2v) is 6.83. The number of aromatic nitrogens is 3. The van der Waals surface area contributed by atoms with E-state index < -0.39 is 29.7 Å². The van der Waals surface area contributed by atoms with E-state index in [1.807, 2.05) is 19.1 Å². The summed E-state index contributed by atoms with van der Waals surface area (Å²) < 4.78 is 6.98. The highest BCUT2D eigenvalue weighted by molar-refractivity contribution is 6.02. The molecule has 0 unspecified atom stereocenters. The maximum absolute atomic E-state index is 13.1. The summed E-state index contributed by atoms with van der Waals surface area (Å²) in [6, 6.07) is 8.59. The van der Waals surface area contributed by atoms with Gasteiger partial charge in [-0.1, -0.05) is 18.2 Å². The first-order valence-corrected chi connectivity index (χ1v) is 9.38. The van der Waals surface area contributed by atoms with Crippen molar-refractivity contribution in [3.63, 3.8) is 0 Å². The first-order valence-electron chi connectivity index (χ1n) is 9.38. The second-order valence-electron chi connectivity index (χ2n) is 6.83. The molecular formula is C21H22N4O5. The van der Waals surface area contributed by atoms with E-state index in [1.165, 1.54) is 13.1 Å². The lowest BCUT2D eigenvalue weighted by molar-refractivity contribution is -0.116. The van der Waals surface area contributed by atoms with Crippen molar-refractivity contribution in [3.05, 3.63) is 68.0 Å². The Morgan fingerprint density at radius 1 is 1.17 bits per heavy atom. The van der Waals surface area contributed by atoms with Gasteiger partial charge in [-0.25, -0.2) is 14.6 Å². The Labute approximate surface area is 171 Å². The van der Waals surface area contributed by atoms with Gasteiger partial charge in [0.15, 0.2) is 0 Å². The van der Waals surface area contributed by atoms with Crippen molar-refractivity contribution in [2.24, 2.45) is 7.05 Å². The standard InChI is InChI=1S/C21H22N4O5/c1-5-30-20(28)14-10-13(3)22-18-17(14)19(27)25(21(29)24(18)4)11-16(26)23-15-9-7-6-8-12(15)2/h6-10H,5,11H2,1-4H3,(H,23,26). The van der Waals surface area contributed by atoms with E-state index in [2.05, 4.69) is 10.3 Å². The van der Waals surface area contributed by atoms with Crippen LogP contribution >= 0.6 is 0 Å². The van der Waals surface area contributed by atoms with Crippen molar-refractivity contribution in [2.75, 3.05) is 11.9 Å². The first kappa shape index (κ1) is 21.0. The summed E-state index contributed by atoms with van der Waals surface area (Å²) >= 11 is 0. The zero-order valence-electron chi connectivity index (χ0n) is 17.2. The van der Waals surface area contributed by atoms with E-state index in [0.717, 1.165) is 14.7 Å². The highest BCUT2D eigenvalue weighted by atomic mass is 16.5. The Balaban J connectivity index is 2.13. The number of anilines is 1. The zero-order valence-corrected chi connectivity index (χ0v) is 17.2. The van der Waals surface area contributed by atoms with Crippen molar-refractivity contribution < 1.29 is 14.3 Å². The summed E-state index contributed by atoms with van der Waals surface area (Å²) in [6.45, 7) is 4.74. The third-order valence-electron chi connectivity index (χ3n) is 4.64. The number of para-hydroxylation sites is 1. The second kappa shape index (κ2) is 8.32. The molecule has 0 fully saturated rings. The lowest BCUT2D eigenvalue weighted by Crippen LogP contribution is -2.42. The van der Waals surface area contributed by atoms with Gasteiger partial charge in [0, 0.05) is 18.4 Å². The molecule has 0 aliphatic rings. The lowest BCUT2D eigenvalue weighted by Gasteiger charge is -2.13. The van der Waals surface area contributed by atoms with E-state index in [0.29, 0.717) is 11.4 Å². The maximum Gasteiger partial charge on any atom is 0.339 e. The molecule has 0 aliphatic heterocycles. The quantitative estimate of drug-likeness (QED) is 0.639. The fraction of sp³-hybridized carbons (Fsp3) is 0.286. The van der Waals surface area contributed by atoms with Gasteiger partial charge in [0.25, 0.3) is 5.56 Å². The summed E-state index contributed by atoms with van der Waals surface area (Å²) in [5.41, 5.74) is 0.460. The Kier molecular flexibility index (Phi) is 5.81. The average Bonchev–Trinajstić information content (AvgIpc) is 2.70. The van der Waals surface area contributed by atoms with Crippen LogP contribution in [0, 0.1) is 13.8 Å². The van der Waals surface area contributed by atoms with Crippen LogP contribution in [0.1, 0.15) is 28.5 Å². The molecule has 0 radical (unpaired) electrons. The summed E-state index contributed by atoms with van der Waals surface area (Å²) in [4.78, 5) is 55.1. The van der Waals surface area contributed by atoms with Gasteiger partial charge >= 0.3 is 11.7 Å². The van der Waals surface area contributed by atoms with E-state index >= 15 is 0 Å². The van der Waals surface area contributed by atoms with Crippen molar-refractivity contribution in [1.29, 1.82) is 0 Å². The number of fused-ring (bicyclic) bond motifs is 1. The number of rotatable bonds is 5. The number of hydrogen-bond donors (Lipinski definition) is 1. The number of nitrogens with one attached hydrogen (secondary N) is 1. The van der Waals surface area contributed by atoms with E-state index in [1.54, 1.807) is 26.0 Å². The van der Waals surface area contributed by atoms with Crippen LogP contribution in [0.3, 0.4) is 0 Å². The molecule has 9 nitrogen and oxygen atoms in total. The Hall–Kier alpha value is -3.75. The molecule has 0 aliphatic carbocycles. The highest BCUT2D eigenvalue weighted by Crippen LogP contribution is 2.15. The van der Waals surface area contributed by atoms with Crippen molar-refractivity contribution in [3.8, 4) is 0 Å². The van der Waals surface area contributed by atoms with Crippen molar-refractivity contribution in [2.45, 2.75) is 27.3 Å². The van der Waals surface area contributed by atoms with Crippen LogP contribution in [-0.4, -0.2) is 32.6 Å². The predicted octanol–water partition coefficient (Wildman–Crippen LogP) is 1.53. The summed E-state index contributed by atoms with van der Waals surface area (Å²) in [7, 11) is 1.43. The van der Waals surface area contributed by atoms with Gasteiger partial charge < -0.3 is 10.1 Å². The van der Waals surface area contributed by atoms with Crippen LogP contribution < -0.4 is 16.6 Å². The number of nitrogens with zero attached hydrogens (tertiary/aromatic N) is 3. The maximum atomic E-state index is 13.1. The number of hydrogen-bond acceptors (Lipinski definition) is 6. The van der Waals surface area contributed by atoms with Crippen LogP contribution in [-0.2, 0) is 23.1 Å². The molecule has 1 N–H and O–H groups in total. The number of benzene rings is 1. The number of esters is 1. The van der Waals surface area contributed by atoms with Gasteiger partial charge in [0.1, 0.15) is 12.2 Å². The summed E-state index contributed by atoms with van der Waals surface area (Å²) in [5, 5.41) is 2.63. The van der Waals surface area contributed by atoms with Gasteiger partial charge in [-0.2, -0.15) is 0 Å². The Morgan fingerprint density at radius 3 is 2.53 bits per heavy atom. The molecule has 0 spiro atoms. The molecule has 1 aromatic carbocycles. The fourth-order valence-electron chi connectivity index (χ4n) is 3.16. The SMILES string of the molecule is CCOC(=O)c1cc(C)nc2c1c(=O)n(CC(=O)Nc1ccccc1C)c(=O)n2C. The Bertz CT molecular complexity index is 1270. The minimum atomic E-state index is -0.774. The van der Waals surface area contributed by atoms with Crippen LogP contribution in [0.4, 0.5) is 5.69 Å². The summed E-state index contributed by atoms with van der Waals surface area (Å²) in [5.74, 6) is -1.24. The monoisotopic (exact) mass is 410 g/mol. The van der Waals surface area contributed by atoms with E-state index in [4.69, 9.17) is 4.74 Å². The van der Waals surface area contributed by atoms with Crippen LogP contribution in [0.5, 0.6) is 0 Å². The molecule has 9 heteroatoms. The molecule has 156 valence electrons. The molecule has 2 heterocycles. The van der Waals surface area contributed by atoms with Gasteiger partial charge in [-0.3, -0.25) is 18.7 Å². The molecule has 0 saturated carbocycles. The molecule has 3 aromatic rings. The number of amides is 1. The molecule has 1 amide bonds. The summed E-state index contributed by atoms with van der Waals surface area (Å²) in [6.07, 6.45) is 0. The van der Waals surface area contributed by atoms with Gasteiger partial charge in [0.05, 0.1) is 17.6 Å². The van der Waals surface area contributed by atoms with Crippen molar-refractivity contribution >= 4 is 28.6 Å². The topological polar surface area (TPSA) is 112 Å². The van der Waals surface area contributed by atoms with Gasteiger partial charge in [-0.05, 0) is 38.5 Å². The molecule has 30 heavy (non-hydrogen) atoms. The predicted molar refractivity (Wildman–Crippen MR) is 112 cm³/mol. The Morgan fingerprint density at radius 2 is 1.87 bits per heavy atom. The fourth-order valence-corrected chi connectivity index (χ4v) is 3.16. The highest BCUT2D eigenvalue weighted by Gasteiger charge is 2.22. The lowest BCUT2D eigenvalue weighted by atomic mass is 10.1. The smallest absolute Gasteiger partial charge is 0.339 e. The van der Waals surface area contributed by atoms with E-state index in [-0.39, 0.29) is 23.2 Å². The molecule has 3 rings (SSSR count). The van der Waals surface area contributed by atoms with Crippen molar-refractivity contribution in [1.82, 2.24) is 14.1 Å². The van der Waals surface area contributed by atoms with Gasteiger partial charge in [0.2, 0.25) is 5.91 Å². The number of aryl methyl sites for hydroxylation is 3. The average molecular weight is 410 g/mol. The van der Waals surface area contributed by atoms with Crippen LogP contribution in [0.25, 0.3) is 11.0 Å². The zero-order chi connectivity index (χ0) is 22.0. The molecule has 0 atom stereocenters. The number of pyridine rings is 1. The number of carbonyl (C=O) groups is 2. The molecular weight excluding hydrogens is 388 g/mol. The third kappa shape index (κ3) is 3.86. The number of carbonyl (C=O) groups excluding carboxylic acids is 2. The normalized spacial score (nSPS) is 10.8. The number of ether oxygens (including phenoxy) is 1. The third-order valence-corrected chi connectivity index (χ3v) is 4.64. The minimum Gasteiger partial charge on any atom is -0.462 e. The molecule has 0 bridgehead atoms. The minimum absolute atomic E-state index is 0.00742. The first-order chi connectivity index (χ1) is 14.2. The largest absolute Gasteiger partial charge is 0.462 e. The van der Waals surface area contributed by atoms with E-state index in [9.17, 15) is 19.2 Å². The van der Waals surface area contributed by atoms with Crippen LogP contribution in [0.2, 0.25) is 0 Å². The van der Waals surface area contributed by atoms with Gasteiger partial charge in [-0.15, -0.1) is 0 Å². The van der Waals surface area contributed by atoms with Crippen LogP contribution in [0.15, 0.2) is 39.9 Å². The molecule has 2 aromatic heterocycles. The molecule has 0 saturated heterocycles.